The predicted octanol–water partition coefficient (Wildman–Crippen LogP) is 2.06. The standard InChI is InChI=1S/C18H22ClN3O4/c1-11(2)18(4,10-20)22-15(23)9-26-17(25)12(3)21-16(24)13-5-7-14(19)8-6-13/h5-8,11-12H,9H2,1-4H3,(H,21,24)(H,22,23)/t12-,18-/m0/s1. The van der Waals surface area contributed by atoms with Gasteiger partial charge in [-0.15, -0.1) is 0 Å². The van der Waals surface area contributed by atoms with Crippen LogP contribution >= 0.6 is 11.6 Å². The molecule has 8 heteroatoms. The van der Waals surface area contributed by atoms with Crippen molar-refractivity contribution in [2.75, 3.05) is 6.61 Å². The molecule has 26 heavy (non-hydrogen) atoms. The Kier molecular flexibility index (Phi) is 7.59. The molecule has 0 aliphatic heterocycles. The van der Waals surface area contributed by atoms with Crippen LogP contribution in [0.5, 0.6) is 0 Å². The van der Waals surface area contributed by atoms with E-state index < -0.39 is 36.0 Å². The van der Waals surface area contributed by atoms with Gasteiger partial charge in [-0.2, -0.15) is 5.26 Å². The van der Waals surface area contributed by atoms with Crippen molar-refractivity contribution < 1.29 is 19.1 Å². The maximum atomic E-state index is 12.0. The molecular weight excluding hydrogens is 358 g/mol. The molecule has 2 amide bonds. The van der Waals surface area contributed by atoms with Gasteiger partial charge in [-0.25, -0.2) is 4.79 Å². The first-order valence-electron chi connectivity index (χ1n) is 8.04. The summed E-state index contributed by atoms with van der Waals surface area (Å²) < 4.78 is 4.90. The van der Waals surface area contributed by atoms with Crippen LogP contribution < -0.4 is 10.6 Å². The van der Waals surface area contributed by atoms with Crippen molar-refractivity contribution in [1.82, 2.24) is 10.6 Å². The van der Waals surface area contributed by atoms with Gasteiger partial charge in [0.1, 0.15) is 11.6 Å². The fourth-order valence-corrected chi connectivity index (χ4v) is 1.95. The van der Waals surface area contributed by atoms with Crippen LogP contribution in [0.4, 0.5) is 0 Å². The van der Waals surface area contributed by atoms with Gasteiger partial charge in [0, 0.05) is 10.6 Å². The summed E-state index contributed by atoms with van der Waals surface area (Å²) in [7, 11) is 0. The first-order valence-corrected chi connectivity index (χ1v) is 8.42. The van der Waals surface area contributed by atoms with E-state index in [9.17, 15) is 14.4 Å². The Morgan fingerprint density at radius 2 is 1.81 bits per heavy atom. The quantitative estimate of drug-likeness (QED) is 0.705. The molecule has 0 aliphatic carbocycles. The van der Waals surface area contributed by atoms with Crippen LogP contribution in [0.1, 0.15) is 38.1 Å². The Bertz CT molecular complexity index is 712. The summed E-state index contributed by atoms with van der Waals surface area (Å²) in [6, 6.07) is 7.25. The molecule has 0 saturated heterocycles. The lowest BCUT2D eigenvalue weighted by Gasteiger charge is -2.27. The highest BCUT2D eigenvalue weighted by atomic mass is 35.5. The number of ether oxygens (including phenoxy) is 1. The van der Waals surface area contributed by atoms with E-state index in [-0.39, 0.29) is 5.92 Å². The van der Waals surface area contributed by atoms with Gasteiger partial charge in [0.25, 0.3) is 11.8 Å². The summed E-state index contributed by atoms with van der Waals surface area (Å²) in [5.74, 6) is -1.94. The third-order valence-electron chi connectivity index (χ3n) is 3.94. The minimum absolute atomic E-state index is 0.121. The van der Waals surface area contributed by atoms with Gasteiger partial charge in [0.2, 0.25) is 0 Å². The molecular formula is C18H22ClN3O4. The van der Waals surface area contributed by atoms with Crippen LogP contribution in [0.3, 0.4) is 0 Å². The van der Waals surface area contributed by atoms with Crippen LogP contribution in [0.15, 0.2) is 24.3 Å². The highest BCUT2D eigenvalue weighted by molar-refractivity contribution is 6.30. The molecule has 1 rings (SSSR count). The summed E-state index contributed by atoms with van der Waals surface area (Å²) in [4.78, 5) is 35.9. The Labute approximate surface area is 157 Å². The molecule has 140 valence electrons. The van der Waals surface area contributed by atoms with Crippen molar-refractivity contribution in [3.8, 4) is 6.07 Å². The summed E-state index contributed by atoms with van der Waals surface area (Å²) in [6.07, 6.45) is 0. The zero-order valence-corrected chi connectivity index (χ0v) is 15.9. The molecule has 0 bridgehead atoms. The Balaban J connectivity index is 2.52. The predicted molar refractivity (Wildman–Crippen MR) is 96.3 cm³/mol. The Morgan fingerprint density at radius 3 is 2.31 bits per heavy atom. The van der Waals surface area contributed by atoms with Gasteiger partial charge in [0.15, 0.2) is 6.61 Å². The first-order chi connectivity index (χ1) is 12.1. The number of nitrogens with one attached hydrogen (secondary N) is 2. The van der Waals surface area contributed by atoms with Gasteiger partial charge in [-0.3, -0.25) is 9.59 Å². The maximum absolute atomic E-state index is 12.0. The molecule has 0 heterocycles. The number of esters is 1. The number of nitriles is 1. The summed E-state index contributed by atoms with van der Waals surface area (Å²) in [6.45, 7) is 6.09. The SMILES string of the molecule is CC(C)[C@](C)(C#N)NC(=O)COC(=O)[C@H](C)NC(=O)c1ccc(Cl)cc1. The average molecular weight is 380 g/mol. The van der Waals surface area contributed by atoms with E-state index in [1.807, 2.05) is 6.07 Å². The number of amides is 2. The fourth-order valence-electron chi connectivity index (χ4n) is 1.83. The van der Waals surface area contributed by atoms with Crippen LogP contribution in [0, 0.1) is 17.2 Å². The van der Waals surface area contributed by atoms with Crippen LogP contribution in [0.25, 0.3) is 0 Å². The van der Waals surface area contributed by atoms with E-state index in [2.05, 4.69) is 10.6 Å². The molecule has 0 aliphatic rings. The van der Waals surface area contributed by atoms with Crippen molar-refractivity contribution in [3.63, 3.8) is 0 Å². The van der Waals surface area contributed by atoms with E-state index in [0.29, 0.717) is 10.6 Å². The second-order valence-electron chi connectivity index (χ2n) is 6.33. The minimum atomic E-state index is -1.06. The van der Waals surface area contributed by atoms with E-state index in [0.717, 1.165) is 0 Å². The van der Waals surface area contributed by atoms with Crippen LogP contribution in [0.2, 0.25) is 5.02 Å². The highest BCUT2D eigenvalue weighted by Gasteiger charge is 2.30. The molecule has 0 radical (unpaired) electrons. The van der Waals surface area contributed by atoms with Gasteiger partial charge in [0.05, 0.1) is 6.07 Å². The van der Waals surface area contributed by atoms with Gasteiger partial charge < -0.3 is 15.4 Å². The van der Waals surface area contributed by atoms with Crippen LogP contribution in [-0.2, 0) is 14.3 Å². The van der Waals surface area contributed by atoms with E-state index in [4.69, 9.17) is 21.6 Å². The van der Waals surface area contributed by atoms with Crippen molar-refractivity contribution >= 4 is 29.4 Å². The van der Waals surface area contributed by atoms with Crippen molar-refractivity contribution in [2.45, 2.75) is 39.3 Å². The second-order valence-corrected chi connectivity index (χ2v) is 6.76. The molecule has 2 N–H and O–H groups in total. The number of hydrogen-bond acceptors (Lipinski definition) is 5. The maximum Gasteiger partial charge on any atom is 0.328 e. The third kappa shape index (κ3) is 6.05. The highest BCUT2D eigenvalue weighted by Crippen LogP contribution is 2.14. The smallest absolute Gasteiger partial charge is 0.328 e. The molecule has 0 saturated carbocycles. The van der Waals surface area contributed by atoms with Crippen molar-refractivity contribution in [1.29, 1.82) is 5.26 Å². The van der Waals surface area contributed by atoms with Crippen molar-refractivity contribution in [3.05, 3.63) is 34.9 Å². The van der Waals surface area contributed by atoms with E-state index in [1.165, 1.54) is 19.1 Å². The van der Waals surface area contributed by atoms with E-state index in [1.54, 1.807) is 32.9 Å². The lowest BCUT2D eigenvalue weighted by molar-refractivity contribution is -0.150. The molecule has 1 aromatic rings. The van der Waals surface area contributed by atoms with E-state index >= 15 is 0 Å². The summed E-state index contributed by atoms with van der Waals surface area (Å²) >= 11 is 5.76. The zero-order chi connectivity index (χ0) is 19.9. The fraction of sp³-hybridized carbons (Fsp3) is 0.444. The topological polar surface area (TPSA) is 108 Å². The molecule has 0 unspecified atom stereocenters. The lowest BCUT2D eigenvalue weighted by Crippen LogP contribution is -2.50. The summed E-state index contributed by atoms with van der Waals surface area (Å²) in [5, 5.41) is 14.7. The number of carbonyl (C=O) groups excluding carboxylic acids is 3. The largest absolute Gasteiger partial charge is 0.454 e. The number of hydrogen-bond donors (Lipinski definition) is 2. The second kappa shape index (κ2) is 9.20. The number of halogens is 1. The Hall–Kier alpha value is -2.59. The van der Waals surface area contributed by atoms with Crippen molar-refractivity contribution in [2.24, 2.45) is 5.92 Å². The molecule has 0 fully saturated rings. The summed E-state index contributed by atoms with van der Waals surface area (Å²) in [5.41, 5.74) is -0.716. The zero-order valence-electron chi connectivity index (χ0n) is 15.1. The Morgan fingerprint density at radius 1 is 1.23 bits per heavy atom. The monoisotopic (exact) mass is 379 g/mol. The third-order valence-corrected chi connectivity index (χ3v) is 4.19. The van der Waals surface area contributed by atoms with Gasteiger partial charge in [-0.1, -0.05) is 25.4 Å². The normalized spacial score (nSPS) is 13.9. The minimum Gasteiger partial charge on any atom is -0.454 e. The van der Waals surface area contributed by atoms with Gasteiger partial charge in [-0.05, 0) is 44.0 Å². The lowest BCUT2D eigenvalue weighted by atomic mass is 9.90. The van der Waals surface area contributed by atoms with Crippen LogP contribution in [-0.4, -0.2) is 36.0 Å². The number of carbonyl (C=O) groups is 3. The molecule has 7 nitrogen and oxygen atoms in total. The number of benzene rings is 1. The molecule has 0 spiro atoms. The number of nitrogens with zero attached hydrogens (tertiary/aromatic N) is 1. The average Bonchev–Trinajstić information content (AvgIpc) is 2.59. The molecule has 0 aromatic heterocycles. The number of rotatable bonds is 7. The molecule has 2 atom stereocenters. The first kappa shape index (κ1) is 21.5. The molecule has 1 aromatic carbocycles. The van der Waals surface area contributed by atoms with Gasteiger partial charge >= 0.3 is 5.97 Å².